The van der Waals surface area contributed by atoms with Crippen molar-refractivity contribution in [3.05, 3.63) is 62.0 Å². The Kier molecular flexibility index (Phi) is 4.52. The minimum Gasteiger partial charge on any atom is -0.306 e. The van der Waals surface area contributed by atoms with Gasteiger partial charge in [0.2, 0.25) is 0 Å². The van der Waals surface area contributed by atoms with Gasteiger partial charge in [0.15, 0.2) is 0 Å². The molecule has 1 atom stereocenters. The molecule has 6 heteroatoms. The SMILES string of the molecule is CC(NCc1csc([N+](=O)[O-])c1)c1ccc(Cl)cc1. The van der Waals surface area contributed by atoms with Crippen LogP contribution in [0.5, 0.6) is 0 Å². The summed E-state index contributed by atoms with van der Waals surface area (Å²) in [4.78, 5) is 10.2. The smallest absolute Gasteiger partial charge is 0.306 e. The zero-order valence-corrected chi connectivity index (χ0v) is 11.9. The van der Waals surface area contributed by atoms with Crippen LogP contribution in [0.25, 0.3) is 0 Å². The molecule has 1 aromatic heterocycles. The summed E-state index contributed by atoms with van der Waals surface area (Å²) in [5.41, 5.74) is 2.06. The summed E-state index contributed by atoms with van der Waals surface area (Å²) in [6, 6.07) is 9.41. The molecule has 0 aliphatic heterocycles. The molecule has 0 aliphatic rings. The molecule has 0 amide bonds. The van der Waals surface area contributed by atoms with E-state index in [1.807, 2.05) is 31.2 Å². The van der Waals surface area contributed by atoms with Gasteiger partial charge in [-0.1, -0.05) is 35.1 Å². The molecule has 0 radical (unpaired) electrons. The number of nitrogens with zero attached hydrogens (tertiary/aromatic N) is 1. The van der Waals surface area contributed by atoms with Gasteiger partial charge in [-0.25, -0.2) is 0 Å². The van der Waals surface area contributed by atoms with Crippen LogP contribution in [0, 0.1) is 10.1 Å². The molecule has 2 aromatic rings. The molecule has 0 saturated carbocycles. The van der Waals surface area contributed by atoms with Gasteiger partial charge in [-0.15, -0.1) is 0 Å². The van der Waals surface area contributed by atoms with Crippen molar-refractivity contribution in [1.29, 1.82) is 0 Å². The summed E-state index contributed by atoms with van der Waals surface area (Å²) in [5.74, 6) is 0. The third kappa shape index (κ3) is 3.76. The van der Waals surface area contributed by atoms with E-state index in [0.29, 0.717) is 11.6 Å². The highest BCUT2D eigenvalue weighted by molar-refractivity contribution is 7.13. The maximum Gasteiger partial charge on any atom is 0.324 e. The van der Waals surface area contributed by atoms with Gasteiger partial charge in [0.25, 0.3) is 0 Å². The first-order chi connectivity index (χ1) is 9.06. The van der Waals surface area contributed by atoms with E-state index in [1.165, 1.54) is 0 Å². The number of thiophene rings is 1. The van der Waals surface area contributed by atoms with Crippen LogP contribution in [-0.4, -0.2) is 4.92 Å². The summed E-state index contributed by atoms with van der Waals surface area (Å²) in [6.07, 6.45) is 0. The van der Waals surface area contributed by atoms with E-state index in [1.54, 1.807) is 11.4 Å². The monoisotopic (exact) mass is 296 g/mol. The lowest BCUT2D eigenvalue weighted by atomic mass is 10.1. The molecule has 2 rings (SSSR count). The summed E-state index contributed by atoms with van der Waals surface area (Å²) < 4.78 is 0. The molecule has 1 heterocycles. The Morgan fingerprint density at radius 3 is 2.68 bits per heavy atom. The Bertz CT molecular complexity index is 568. The molecule has 0 bridgehead atoms. The first-order valence-corrected chi connectivity index (χ1v) is 7.02. The number of nitrogens with one attached hydrogen (secondary N) is 1. The average molecular weight is 297 g/mol. The fourth-order valence-corrected chi connectivity index (χ4v) is 2.55. The molecular weight excluding hydrogens is 284 g/mol. The highest BCUT2D eigenvalue weighted by atomic mass is 35.5. The predicted octanol–water partition coefficient (Wildman–Crippen LogP) is 4.16. The zero-order valence-electron chi connectivity index (χ0n) is 10.3. The molecule has 4 nitrogen and oxygen atoms in total. The second-order valence-corrected chi connectivity index (χ2v) is 5.53. The summed E-state index contributed by atoms with van der Waals surface area (Å²) in [6.45, 7) is 2.65. The number of nitro groups is 1. The molecule has 0 aliphatic carbocycles. The molecule has 0 saturated heterocycles. The van der Waals surface area contributed by atoms with Crippen LogP contribution in [0.2, 0.25) is 5.02 Å². The quantitative estimate of drug-likeness (QED) is 0.666. The van der Waals surface area contributed by atoms with Crippen molar-refractivity contribution < 1.29 is 4.92 Å². The van der Waals surface area contributed by atoms with E-state index >= 15 is 0 Å². The highest BCUT2D eigenvalue weighted by Crippen LogP contribution is 2.23. The topological polar surface area (TPSA) is 55.2 Å². The average Bonchev–Trinajstić information content (AvgIpc) is 2.86. The maximum atomic E-state index is 10.6. The van der Waals surface area contributed by atoms with E-state index in [9.17, 15) is 10.1 Å². The summed E-state index contributed by atoms with van der Waals surface area (Å²) >= 11 is 6.99. The Labute approximate surface area is 120 Å². The van der Waals surface area contributed by atoms with Gasteiger partial charge < -0.3 is 5.32 Å². The van der Waals surface area contributed by atoms with Crippen molar-refractivity contribution in [3.63, 3.8) is 0 Å². The second kappa shape index (κ2) is 6.14. The van der Waals surface area contributed by atoms with Crippen molar-refractivity contribution in [2.24, 2.45) is 0 Å². The Hall–Kier alpha value is -1.43. The van der Waals surface area contributed by atoms with Crippen LogP contribution in [-0.2, 0) is 6.54 Å². The van der Waals surface area contributed by atoms with Gasteiger partial charge in [0.05, 0.1) is 4.92 Å². The van der Waals surface area contributed by atoms with Crippen LogP contribution in [0.4, 0.5) is 5.00 Å². The van der Waals surface area contributed by atoms with Crippen LogP contribution < -0.4 is 5.32 Å². The third-order valence-corrected chi connectivity index (χ3v) is 3.98. The van der Waals surface area contributed by atoms with E-state index in [4.69, 9.17) is 11.6 Å². The van der Waals surface area contributed by atoms with E-state index in [-0.39, 0.29) is 16.0 Å². The minimum atomic E-state index is -0.364. The summed E-state index contributed by atoms with van der Waals surface area (Å²) in [5, 5.41) is 16.6. The Morgan fingerprint density at radius 1 is 1.42 bits per heavy atom. The van der Waals surface area contributed by atoms with Gasteiger partial charge in [-0.2, -0.15) is 0 Å². The minimum absolute atomic E-state index is 0.163. The van der Waals surface area contributed by atoms with Gasteiger partial charge in [-0.05, 0) is 30.2 Å². The van der Waals surface area contributed by atoms with E-state index < -0.39 is 0 Å². The largest absolute Gasteiger partial charge is 0.324 e. The van der Waals surface area contributed by atoms with Gasteiger partial charge in [-0.3, -0.25) is 10.1 Å². The van der Waals surface area contributed by atoms with Crippen molar-refractivity contribution in [3.8, 4) is 0 Å². The second-order valence-electron chi connectivity index (χ2n) is 4.20. The maximum absolute atomic E-state index is 10.6. The standard InChI is InChI=1S/C13H13ClN2O2S/c1-9(11-2-4-12(14)5-3-11)15-7-10-6-13(16(17)18)19-8-10/h2-6,8-9,15H,7H2,1H3. The molecule has 0 fully saturated rings. The molecule has 1 unspecified atom stereocenters. The number of benzene rings is 1. The first-order valence-electron chi connectivity index (χ1n) is 5.77. The lowest BCUT2D eigenvalue weighted by molar-refractivity contribution is -0.380. The normalized spacial score (nSPS) is 12.3. The van der Waals surface area contributed by atoms with Crippen LogP contribution in [0.15, 0.2) is 35.7 Å². The van der Waals surface area contributed by atoms with Gasteiger partial charge in [0.1, 0.15) is 0 Å². The number of halogens is 1. The number of hydrogen-bond acceptors (Lipinski definition) is 4. The first kappa shape index (κ1) is 14.0. The van der Waals surface area contributed by atoms with Crippen LogP contribution in [0.1, 0.15) is 24.1 Å². The van der Waals surface area contributed by atoms with Crippen molar-refractivity contribution in [2.75, 3.05) is 0 Å². The van der Waals surface area contributed by atoms with Crippen molar-refractivity contribution >= 4 is 27.9 Å². The molecular formula is C13H13ClN2O2S. The molecule has 19 heavy (non-hydrogen) atoms. The molecule has 1 N–H and O–H groups in total. The lowest BCUT2D eigenvalue weighted by Crippen LogP contribution is -2.17. The Morgan fingerprint density at radius 2 is 2.11 bits per heavy atom. The fourth-order valence-electron chi connectivity index (χ4n) is 1.69. The highest BCUT2D eigenvalue weighted by Gasteiger charge is 2.10. The van der Waals surface area contributed by atoms with Crippen LogP contribution in [0.3, 0.4) is 0 Å². The Balaban J connectivity index is 1.94. The van der Waals surface area contributed by atoms with E-state index in [2.05, 4.69) is 5.32 Å². The lowest BCUT2D eigenvalue weighted by Gasteiger charge is -2.13. The fraction of sp³-hybridized carbons (Fsp3) is 0.231. The van der Waals surface area contributed by atoms with Gasteiger partial charge >= 0.3 is 5.00 Å². The summed E-state index contributed by atoms with van der Waals surface area (Å²) in [7, 11) is 0. The molecule has 0 spiro atoms. The van der Waals surface area contributed by atoms with E-state index in [0.717, 1.165) is 22.5 Å². The third-order valence-electron chi connectivity index (χ3n) is 2.80. The van der Waals surface area contributed by atoms with Gasteiger partial charge in [0, 0.05) is 29.1 Å². The van der Waals surface area contributed by atoms with Crippen molar-refractivity contribution in [1.82, 2.24) is 5.32 Å². The zero-order chi connectivity index (χ0) is 13.8. The number of hydrogen-bond donors (Lipinski definition) is 1. The molecule has 100 valence electrons. The predicted molar refractivity (Wildman–Crippen MR) is 77.7 cm³/mol. The number of rotatable bonds is 5. The van der Waals surface area contributed by atoms with Crippen LogP contribution >= 0.6 is 22.9 Å². The van der Waals surface area contributed by atoms with Crippen molar-refractivity contribution in [2.45, 2.75) is 19.5 Å². The molecule has 1 aromatic carbocycles.